The lowest BCUT2D eigenvalue weighted by Crippen LogP contribution is -2.25. The second kappa shape index (κ2) is 14.6. The molecule has 0 aromatic heterocycles. The Morgan fingerprint density at radius 3 is 1.15 bits per heavy atom. The van der Waals surface area contributed by atoms with Crippen molar-refractivity contribution in [2.75, 3.05) is 4.90 Å². The van der Waals surface area contributed by atoms with E-state index in [9.17, 15) is 0 Å². The van der Waals surface area contributed by atoms with Crippen LogP contribution < -0.4 is 4.90 Å². The minimum absolute atomic E-state index is 0.437. The Kier molecular flexibility index (Phi) is 8.47. The van der Waals surface area contributed by atoms with E-state index in [2.05, 4.69) is 254 Å². The van der Waals surface area contributed by atoms with Crippen molar-refractivity contribution in [3.8, 4) is 66.8 Å². The Labute approximate surface area is 363 Å². The lowest BCUT2D eigenvalue weighted by Gasteiger charge is -2.31. The molecule has 10 aromatic rings. The number of anilines is 3. The molecule has 0 saturated heterocycles. The predicted molar refractivity (Wildman–Crippen MR) is 259 cm³/mol. The van der Waals surface area contributed by atoms with Crippen LogP contribution in [0, 0.1) is 0 Å². The fraction of sp³-hybridized carbons (Fsp3) is 0.0164. The Hall–Kier alpha value is -8.00. The maximum atomic E-state index is 2.48. The quantitative estimate of drug-likeness (QED) is 0.155. The Bertz CT molecular complexity index is 3160. The van der Waals surface area contributed by atoms with Crippen molar-refractivity contribution in [3.63, 3.8) is 0 Å². The van der Waals surface area contributed by atoms with Crippen LogP contribution >= 0.6 is 0 Å². The standard InChI is InChI=1S/C61H41N/c1-4-15-42(16-5-1)44-27-34-49(35-28-44)62(50-36-29-45(30-37-50)43-17-6-2-7-18-43)51-38-31-46(32-39-51)48-33-40-54-53-21-10-12-24-56(53)61(59(54)41-48)57-25-13-11-22-55(57)60-52(23-14-26-58(60)61)47-19-8-3-9-20-47/h1-41H. The van der Waals surface area contributed by atoms with Crippen LogP contribution in [0.1, 0.15) is 22.3 Å². The van der Waals surface area contributed by atoms with Gasteiger partial charge < -0.3 is 4.90 Å². The van der Waals surface area contributed by atoms with E-state index in [4.69, 9.17) is 0 Å². The molecule has 2 aliphatic rings. The van der Waals surface area contributed by atoms with Crippen molar-refractivity contribution >= 4 is 17.1 Å². The molecule has 0 amide bonds. The molecule has 12 rings (SSSR count). The monoisotopic (exact) mass is 787 g/mol. The summed E-state index contributed by atoms with van der Waals surface area (Å²) in [5.74, 6) is 0. The van der Waals surface area contributed by atoms with Gasteiger partial charge in [-0.3, -0.25) is 0 Å². The van der Waals surface area contributed by atoms with E-state index in [1.54, 1.807) is 0 Å². The summed E-state index contributed by atoms with van der Waals surface area (Å²) in [4.78, 5) is 2.36. The summed E-state index contributed by atoms with van der Waals surface area (Å²) >= 11 is 0. The molecule has 0 N–H and O–H groups in total. The SMILES string of the molecule is c1ccc(-c2ccc(N(c3ccc(-c4ccccc4)cc3)c3ccc(-c4ccc5c(c4)C4(c6ccccc6-5)c5ccccc5-c5c(-c6ccccc6)cccc54)cc3)cc2)cc1. The summed E-state index contributed by atoms with van der Waals surface area (Å²) in [6.07, 6.45) is 0. The molecule has 290 valence electrons. The maximum absolute atomic E-state index is 2.48. The van der Waals surface area contributed by atoms with Crippen LogP contribution in [-0.2, 0) is 5.41 Å². The van der Waals surface area contributed by atoms with E-state index >= 15 is 0 Å². The molecule has 62 heavy (non-hydrogen) atoms. The average molecular weight is 788 g/mol. The van der Waals surface area contributed by atoms with Crippen LogP contribution in [0.3, 0.4) is 0 Å². The fourth-order valence-corrected chi connectivity index (χ4v) is 10.3. The molecule has 1 nitrogen and oxygen atoms in total. The molecule has 0 saturated carbocycles. The van der Waals surface area contributed by atoms with Gasteiger partial charge in [0.2, 0.25) is 0 Å². The predicted octanol–water partition coefficient (Wildman–Crippen LogP) is 16.2. The molecule has 0 heterocycles. The molecule has 10 aromatic carbocycles. The summed E-state index contributed by atoms with van der Waals surface area (Å²) in [6.45, 7) is 0. The highest BCUT2D eigenvalue weighted by molar-refractivity contribution is 6.00. The van der Waals surface area contributed by atoms with Crippen LogP contribution in [0.2, 0.25) is 0 Å². The fourth-order valence-electron chi connectivity index (χ4n) is 10.3. The number of hydrogen-bond donors (Lipinski definition) is 0. The van der Waals surface area contributed by atoms with Gasteiger partial charge in [0, 0.05) is 17.1 Å². The maximum Gasteiger partial charge on any atom is 0.0725 e. The van der Waals surface area contributed by atoms with E-state index < -0.39 is 5.41 Å². The van der Waals surface area contributed by atoms with Crippen molar-refractivity contribution < 1.29 is 0 Å². The van der Waals surface area contributed by atoms with Gasteiger partial charge in [-0.15, -0.1) is 0 Å². The first-order valence-electron chi connectivity index (χ1n) is 21.5. The van der Waals surface area contributed by atoms with Gasteiger partial charge in [0.1, 0.15) is 0 Å². The van der Waals surface area contributed by atoms with Crippen molar-refractivity contribution in [1.82, 2.24) is 0 Å². The van der Waals surface area contributed by atoms with Crippen LogP contribution in [0.15, 0.2) is 249 Å². The van der Waals surface area contributed by atoms with E-state index in [0.29, 0.717) is 0 Å². The number of nitrogens with zero attached hydrogens (tertiary/aromatic N) is 1. The Morgan fingerprint density at radius 2 is 0.597 bits per heavy atom. The molecule has 0 aliphatic heterocycles. The number of fused-ring (bicyclic) bond motifs is 10. The van der Waals surface area contributed by atoms with Gasteiger partial charge >= 0.3 is 0 Å². The van der Waals surface area contributed by atoms with Crippen molar-refractivity contribution in [2.24, 2.45) is 0 Å². The van der Waals surface area contributed by atoms with Gasteiger partial charge in [-0.05, 0) is 131 Å². The van der Waals surface area contributed by atoms with Crippen LogP contribution in [0.25, 0.3) is 66.8 Å². The Morgan fingerprint density at radius 1 is 0.226 bits per heavy atom. The van der Waals surface area contributed by atoms with Gasteiger partial charge in [-0.25, -0.2) is 0 Å². The average Bonchev–Trinajstić information content (AvgIpc) is 3.83. The lowest BCUT2D eigenvalue weighted by molar-refractivity contribution is 0.794. The third-order valence-corrected chi connectivity index (χ3v) is 13.1. The van der Waals surface area contributed by atoms with Crippen LogP contribution in [0.5, 0.6) is 0 Å². The summed E-state index contributed by atoms with van der Waals surface area (Å²) < 4.78 is 0. The first kappa shape index (κ1) is 35.9. The summed E-state index contributed by atoms with van der Waals surface area (Å²) in [5, 5.41) is 0. The molecule has 1 heteroatoms. The zero-order valence-electron chi connectivity index (χ0n) is 34.1. The van der Waals surface area contributed by atoms with E-state index in [1.165, 1.54) is 89.0 Å². The lowest BCUT2D eigenvalue weighted by atomic mass is 9.70. The molecule has 1 atom stereocenters. The normalized spacial score (nSPS) is 14.2. The smallest absolute Gasteiger partial charge is 0.0725 e. The van der Waals surface area contributed by atoms with Gasteiger partial charge in [0.25, 0.3) is 0 Å². The van der Waals surface area contributed by atoms with Crippen LogP contribution in [0.4, 0.5) is 17.1 Å². The second-order valence-electron chi connectivity index (χ2n) is 16.4. The van der Waals surface area contributed by atoms with Gasteiger partial charge in [-0.1, -0.05) is 206 Å². The van der Waals surface area contributed by atoms with Crippen molar-refractivity contribution in [1.29, 1.82) is 0 Å². The molecule has 1 unspecified atom stereocenters. The molecule has 2 aliphatic carbocycles. The highest BCUT2D eigenvalue weighted by Crippen LogP contribution is 2.64. The molecular weight excluding hydrogens is 747 g/mol. The Balaban J connectivity index is 0.974. The topological polar surface area (TPSA) is 3.24 Å². The highest BCUT2D eigenvalue weighted by Gasteiger charge is 2.52. The summed E-state index contributed by atoms with van der Waals surface area (Å²) in [7, 11) is 0. The third-order valence-electron chi connectivity index (χ3n) is 13.1. The highest BCUT2D eigenvalue weighted by atomic mass is 15.1. The summed E-state index contributed by atoms with van der Waals surface area (Å²) in [6, 6.07) is 91.3. The summed E-state index contributed by atoms with van der Waals surface area (Å²) in [5.41, 5.74) is 23.3. The molecule has 0 bridgehead atoms. The van der Waals surface area contributed by atoms with Gasteiger partial charge in [-0.2, -0.15) is 0 Å². The number of rotatable bonds is 7. The zero-order valence-corrected chi connectivity index (χ0v) is 34.1. The first-order valence-corrected chi connectivity index (χ1v) is 21.5. The minimum Gasteiger partial charge on any atom is -0.311 e. The molecule has 0 fully saturated rings. The van der Waals surface area contributed by atoms with Gasteiger partial charge in [0.15, 0.2) is 0 Å². The second-order valence-corrected chi connectivity index (χ2v) is 16.4. The van der Waals surface area contributed by atoms with Gasteiger partial charge in [0.05, 0.1) is 5.41 Å². The zero-order chi connectivity index (χ0) is 41.0. The van der Waals surface area contributed by atoms with E-state index in [1.807, 2.05) is 0 Å². The van der Waals surface area contributed by atoms with E-state index in [0.717, 1.165) is 17.1 Å². The molecule has 0 radical (unpaired) electrons. The largest absolute Gasteiger partial charge is 0.311 e. The minimum atomic E-state index is -0.437. The first-order chi connectivity index (χ1) is 30.8. The van der Waals surface area contributed by atoms with Crippen LogP contribution in [-0.4, -0.2) is 0 Å². The number of benzene rings is 10. The number of hydrogen-bond acceptors (Lipinski definition) is 1. The molecule has 1 spiro atoms. The van der Waals surface area contributed by atoms with Crippen molar-refractivity contribution in [3.05, 3.63) is 271 Å². The third kappa shape index (κ3) is 5.63. The van der Waals surface area contributed by atoms with E-state index in [-0.39, 0.29) is 0 Å². The van der Waals surface area contributed by atoms with Crippen molar-refractivity contribution in [2.45, 2.75) is 5.41 Å². The molecular formula is C61H41N.